The van der Waals surface area contributed by atoms with E-state index in [1.165, 1.54) is 22.8 Å². The van der Waals surface area contributed by atoms with Crippen molar-refractivity contribution in [3.63, 3.8) is 0 Å². The molecule has 0 aromatic heterocycles. The van der Waals surface area contributed by atoms with Gasteiger partial charge < -0.3 is 4.90 Å². The van der Waals surface area contributed by atoms with Crippen LogP contribution in [0, 0.1) is 0 Å². The van der Waals surface area contributed by atoms with Crippen molar-refractivity contribution in [2.45, 2.75) is 53.4 Å². The minimum Gasteiger partial charge on any atom is -0.335 e. The van der Waals surface area contributed by atoms with Crippen LogP contribution in [0.5, 0.6) is 0 Å². The van der Waals surface area contributed by atoms with Crippen LogP contribution in [0.2, 0.25) is 0 Å². The summed E-state index contributed by atoms with van der Waals surface area (Å²) in [6.07, 6.45) is 4.63. The Bertz CT molecular complexity index is 558. The van der Waals surface area contributed by atoms with E-state index < -0.39 is 0 Å². The van der Waals surface area contributed by atoms with Crippen molar-refractivity contribution in [1.29, 1.82) is 0 Å². The molecule has 3 nitrogen and oxygen atoms in total. The van der Waals surface area contributed by atoms with E-state index in [4.69, 9.17) is 4.99 Å². The first-order chi connectivity index (χ1) is 11.3. The molecule has 23 heavy (non-hydrogen) atoms. The number of fused-ring (bicyclic) bond motifs is 1. The molecule has 0 N–H and O–H groups in total. The van der Waals surface area contributed by atoms with Crippen LogP contribution in [0.1, 0.15) is 64.5 Å². The monoisotopic (exact) mass is 314 g/mol. The fourth-order valence-corrected chi connectivity index (χ4v) is 3.30. The summed E-state index contributed by atoms with van der Waals surface area (Å²) in [7, 11) is 0. The number of amidine groups is 2. The first kappa shape index (κ1) is 17.7. The van der Waals surface area contributed by atoms with Gasteiger partial charge >= 0.3 is 5.84 Å². The summed E-state index contributed by atoms with van der Waals surface area (Å²) < 4.78 is 2.46. The molecule has 1 aliphatic rings. The molecule has 0 amide bonds. The van der Waals surface area contributed by atoms with Gasteiger partial charge in [0.15, 0.2) is 0 Å². The number of hydrogen-bond acceptors (Lipinski definition) is 1. The average Bonchev–Trinajstić information content (AvgIpc) is 2.94. The zero-order valence-corrected chi connectivity index (χ0v) is 15.3. The summed E-state index contributed by atoms with van der Waals surface area (Å²) in [5.74, 6) is 2.35. The molecule has 0 fully saturated rings. The van der Waals surface area contributed by atoms with E-state index in [1.54, 1.807) is 0 Å². The second-order valence-electron chi connectivity index (χ2n) is 6.28. The highest BCUT2D eigenvalue weighted by Crippen LogP contribution is 2.22. The SMILES string of the molecule is CCCN(CCC)C1=NC(=[N+](CCC)CCC)c2ccccc21. The average molecular weight is 314 g/mol. The first-order valence-electron chi connectivity index (χ1n) is 9.32. The van der Waals surface area contributed by atoms with E-state index in [-0.39, 0.29) is 0 Å². The van der Waals surface area contributed by atoms with Gasteiger partial charge in [0.1, 0.15) is 0 Å². The molecule has 1 aromatic rings. The molecule has 1 heterocycles. The molecule has 0 radical (unpaired) electrons. The van der Waals surface area contributed by atoms with E-state index in [0.717, 1.165) is 51.9 Å². The molecule has 2 rings (SSSR count). The first-order valence-corrected chi connectivity index (χ1v) is 9.32. The maximum absolute atomic E-state index is 5.12. The van der Waals surface area contributed by atoms with Crippen LogP contribution in [-0.2, 0) is 0 Å². The Morgan fingerprint density at radius 1 is 0.826 bits per heavy atom. The second-order valence-corrected chi connectivity index (χ2v) is 6.28. The summed E-state index contributed by atoms with van der Waals surface area (Å²) in [6, 6.07) is 8.74. The summed E-state index contributed by atoms with van der Waals surface area (Å²) in [4.78, 5) is 7.58. The Morgan fingerprint density at radius 2 is 1.39 bits per heavy atom. The molecule has 0 saturated heterocycles. The number of rotatable bonds is 8. The molecule has 1 aromatic carbocycles. The van der Waals surface area contributed by atoms with E-state index in [2.05, 4.69) is 61.4 Å². The zero-order chi connectivity index (χ0) is 16.7. The fraction of sp³-hybridized carbons (Fsp3) is 0.600. The van der Waals surface area contributed by atoms with Gasteiger partial charge in [0.2, 0.25) is 0 Å². The quantitative estimate of drug-likeness (QED) is 0.660. The van der Waals surface area contributed by atoms with Crippen molar-refractivity contribution in [3.8, 4) is 0 Å². The van der Waals surface area contributed by atoms with Crippen molar-refractivity contribution in [1.82, 2.24) is 4.90 Å². The van der Waals surface area contributed by atoms with Gasteiger partial charge in [-0.15, -0.1) is 0 Å². The normalized spacial score (nSPS) is 13.0. The summed E-state index contributed by atoms with van der Waals surface area (Å²) >= 11 is 0. The van der Waals surface area contributed by atoms with Crippen LogP contribution < -0.4 is 0 Å². The van der Waals surface area contributed by atoms with Gasteiger partial charge in [-0.25, -0.2) is 0 Å². The van der Waals surface area contributed by atoms with Crippen LogP contribution in [0.15, 0.2) is 29.3 Å². The Morgan fingerprint density at radius 3 is 1.91 bits per heavy atom. The zero-order valence-electron chi connectivity index (χ0n) is 15.3. The fourth-order valence-electron chi connectivity index (χ4n) is 3.30. The third kappa shape index (κ3) is 4.01. The van der Waals surface area contributed by atoms with E-state index in [0.29, 0.717) is 0 Å². The lowest BCUT2D eigenvalue weighted by atomic mass is 10.1. The second kappa shape index (κ2) is 8.85. The van der Waals surface area contributed by atoms with Crippen LogP contribution in [0.25, 0.3) is 0 Å². The molecule has 0 saturated carbocycles. The van der Waals surface area contributed by atoms with E-state index in [9.17, 15) is 0 Å². The molecule has 0 bridgehead atoms. The number of nitrogens with zero attached hydrogens (tertiary/aromatic N) is 3. The predicted octanol–water partition coefficient (Wildman–Crippen LogP) is 4.15. The topological polar surface area (TPSA) is 18.6 Å². The summed E-state index contributed by atoms with van der Waals surface area (Å²) in [5.41, 5.74) is 2.61. The Balaban J connectivity index is 2.50. The molecule has 3 heteroatoms. The van der Waals surface area contributed by atoms with E-state index >= 15 is 0 Å². The van der Waals surface area contributed by atoms with Crippen LogP contribution >= 0.6 is 0 Å². The Labute approximate surface area is 141 Å². The molecule has 0 unspecified atom stereocenters. The molecule has 126 valence electrons. The van der Waals surface area contributed by atoms with Gasteiger partial charge in [0.05, 0.1) is 24.2 Å². The maximum Gasteiger partial charge on any atom is 0.329 e. The number of aliphatic imine (C=N–C) groups is 1. The van der Waals surface area contributed by atoms with Gasteiger partial charge in [0, 0.05) is 13.1 Å². The minimum absolute atomic E-state index is 1.08. The van der Waals surface area contributed by atoms with Gasteiger partial charge in [-0.2, -0.15) is 0 Å². The van der Waals surface area contributed by atoms with Crippen molar-refractivity contribution in [2.75, 3.05) is 26.2 Å². The highest BCUT2D eigenvalue weighted by molar-refractivity contribution is 6.20. The van der Waals surface area contributed by atoms with Crippen molar-refractivity contribution < 1.29 is 4.58 Å². The number of hydrogen-bond donors (Lipinski definition) is 0. The van der Waals surface area contributed by atoms with Gasteiger partial charge in [-0.1, -0.05) is 39.8 Å². The largest absolute Gasteiger partial charge is 0.335 e. The van der Waals surface area contributed by atoms with Gasteiger partial charge in [0.25, 0.3) is 5.84 Å². The number of benzene rings is 1. The van der Waals surface area contributed by atoms with Gasteiger partial charge in [-0.05, 0) is 42.8 Å². The smallest absolute Gasteiger partial charge is 0.329 e. The molecule has 0 aliphatic carbocycles. The third-order valence-corrected chi connectivity index (χ3v) is 4.19. The summed E-state index contributed by atoms with van der Waals surface area (Å²) in [5, 5.41) is 0. The molecular formula is C20H32N3+. The maximum atomic E-state index is 5.12. The molecular weight excluding hydrogens is 282 g/mol. The highest BCUT2D eigenvalue weighted by atomic mass is 15.2. The van der Waals surface area contributed by atoms with Crippen molar-refractivity contribution in [3.05, 3.63) is 35.4 Å². The van der Waals surface area contributed by atoms with E-state index in [1.807, 2.05) is 0 Å². The van der Waals surface area contributed by atoms with Crippen molar-refractivity contribution in [2.24, 2.45) is 4.99 Å². The Hall–Kier alpha value is -1.64. The minimum atomic E-state index is 1.08. The standard InChI is InChI=1S/C20H32N3/c1-5-13-22(14-6-2)19-17-11-9-10-12-18(17)20(21-19)23(15-7-3)16-8-4/h9-12H,5-8,13-16H2,1-4H3/q+1. The highest BCUT2D eigenvalue weighted by Gasteiger charge is 2.34. The van der Waals surface area contributed by atoms with Crippen LogP contribution in [-0.4, -0.2) is 47.3 Å². The lowest BCUT2D eigenvalue weighted by Gasteiger charge is -2.20. The molecule has 1 aliphatic heterocycles. The van der Waals surface area contributed by atoms with Crippen LogP contribution in [0.4, 0.5) is 0 Å². The molecule has 0 atom stereocenters. The van der Waals surface area contributed by atoms with Crippen molar-refractivity contribution >= 4 is 11.7 Å². The lowest BCUT2D eigenvalue weighted by Crippen LogP contribution is -2.32. The predicted molar refractivity (Wildman–Crippen MR) is 99.8 cm³/mol. The summed E-state index contributed by atoms with van der Waals surface area (Å²) in [6.45, 7) is 13.3. The van der Waals surface area contributed by atoms with Gasteiger partial charge in [-0.3, -0.25) is 4.58 Å². The Kier molecular flexibility index (Phi) is 6.82. The third-order valence-electron chi connectivity index (χ3n) is 4.19. The lowest BCUT2D eigenvalue weighted by molar-refractivity contribution is -0.528. The molecule has 0 spiro atoms. The van der Waals surface area contributed by atoms with Crippen LogP contribution in [0.3, 0.4) is 0 Å².